The average Bonchev–Trinajstić information content (AvgIpc) is 3.23. The zero-order valence-corrected chi connectivity index (χ0v) is 39.2. The van der Waals surface area contributed by atoms with Crippen LogP contribution in [0.15, 0.2) is 24.3 Å². The molecule has 0 saturated carbocycles. The maximum atomic E-state index is 12.5. The van der Waals surface area contributed by atoms with E-state index in [1.54, 1.807) is 6.08 Å². The fourth-order valence-electron chi connectivity index (χ4n) is 8.18. The number of rotatable bonds is 48. The SMILES string of the molecule is CCCCCCCCCC/C=C/C(O)C(CO)NC(=O)C(O)CCCCCCCCCCCCCCCCCC/C=C\CCCCCCCCCCCCCCCC. The molecular formula is C53H103NO4. The first-order chi connectivity index (χ1) is 28.6. The first-order valence-corrected chi connectivity index (χ1v) is 26.2. The largest absolute Gasteiger partial charge is 0.394 e. The van der Waals surface area contributed by atoms with Gasteiger partial charge in [-0.1, -0.05) is 263 Å². The topological polar surface area (TPSA) is 89.8 Å². The van der Waals surface area contributed by atoms with E-state index >= 15 is 0 Å². The van der Waals surface area contributed by atoms with E-state index in [9.17, 15) is 20.1 Å². The molecule has 0 aromatic rings. The van der Waals surface area contributed by atoms with E-state index < -0.39 is 24.2 Å². The maximum absolute atomic E-state index is 12.5. The van der Waals surface area contributed by atoms with Crippen molar-refractivity contribution in [1.82, 2.24) is 5.32 Å². The smallest absolute Gasteiger partial charge is 0.249 e. The molecule has 344 valence electrons. The summed E-state index contributed by atoms with van der Waals surface area (Å²) in [6.07, 6.45) is 61.2. The van der Waals surface area contributed by atoms with Crippen molar-refractivity contribution in [2.24, 2.45) is 0 Å². The van der Waals surface area contributed by atoms with Crippen molar-refractivity contribution < 1.29 is 20.1 Å². The Kier molecular flexibility index (Phi) is 47.5. The van der Waals surface area contributed by atoms with Crippen LogP contribution >= 0.6 is 0 Å². The van der Waals surface area contributed by atoms with E-state index in [0.717, 1.165) is 32.1 Å². The minimum absolute atomic E-state index is 0.361. The fourth-order valence-corrected chi connectivity index (χ4v) is 8.18. The van der Waals surface area contributed by atoms with Gasteiger partial charge in [-0.25, -0.2) is 0 Å². The quantitative estimate of drug-likeness (QED) is 0.0364. The van der Waals surface area contributed by atoms with Crippen LogP contribution in [0.1, 0.15) is 284 Å². The maximum Gasteiger partial charge on any atom is 0.249 e. The zero-order valence-electron chi connectivity index (χ0n) is 39.2. The Hall–Kier alpha value is -1.17. The summed E-state index contributed by atoms with van der Waals surface area (Å²) >= 11 is 0. The number of aliphatic hydroxyl groups is 3. The standard InChI is InChI=1S/C53H103NO4/c1-3-5-7-9-11-13-15-16-17-18-19-20-21-22-23-24-25-26-27-28-29-30-31-32-33-34-35-36-37-38-40-42-44-46-48-52(57)53(58)54-50(49-55)51(56)47-45-43-41-39-14-12-10-8-6-4-2/h24-25,45,47,50-52,55-57H,3-23,26-44,46,48-49H2,1-2H3,(H,54,58)/b25-24-,47-45+. The predicted molar refractivity (Wildman–Crippen MR) is 255 cm³/mol. The molecule has 0 fully saturated rings. The molecule has 0 aliphatic rings. The molecule has 5 nitrogen and oxygen atoms in total. The van der Waals surface area contributed by atoms with E-state index in [4.69, 9.17) is 0 Å². The van der Waals surface area contributed by atoms with Crippen molar-refractivity contribution >= 4 is 5.91 Å². The number of hydrogen-bond donors (Lipinski definition) is 4. The molecule has 1 amide bonds. The molecule has 0 spiro atoms. The number of unbranched alkanes of at least 4 members (excludes halogenated alkanes) is 38. The van der Waals surface area contributed by atoms with Gasteiger partial charge in [-0.15, -0.1) is 0 Å². The summed E-state index contributed by atoms with van der Waals surface area (Å²) in [6.45, 7) is 4.18. The highest BCUT2D eigenvalue weighted by atomic mass is 16.3. The van der Waals surface area contributed by atoms with Crippen molar-refractivity contribution in [2.45, 2.75) is 302 Å². The Bertz CT molecular complexity index is 859. The highest BCUT2D eigenvalue weighted by molar-refractivity contribution is 5.80. The zero-order chi connectivity index (χ0) is 42.3. The molecule has 0 heterocycles. The molecule has 0 saturated heterocycles. The average molecular weight is 818 g/mol. The third kappa shape index (κ3) is 42.9. The predicted octanol–water partition coefficient (Wildman–Crippen LogP) is 15.7. The second kappa shape index (κ2) is 48.5. The lowest BCUT2D eigenvalue weighted by Crippen LogP contribution is -2.48. The second-order valence-corrected chi connectivity index (χ2v) is 18.1. The van der Waals surface area contributed by atoms with Gasteiger partial charge < -0.3 is 20.6 Å². The molecule has 58 heavy (non-hydrogen) atoms. The van der Waals surface area contributed by atoms with Gasteiger partial charge in [-0.3, -0.25) is 4.79 Å². The van der Waals surface area contributed by atoms with Crippen LogP contribution in [0, 0.1) is 0 Å². The van der Waals surface area contributed by atoms with Crippen molar-refractivity contribution in [3.8, 4) is 0 Å². The number of amides is 1. The van der Waals surface area contributed by atoms with Gasteiger partial charge in [0.25, 0.3) is 0 Å². The van der Waals surface area contributed by atoms with E-state index in [-0.39, 0.29) is 6.61 Å². The van der Waals surface area contributed by atoms with Gasteiger partial charge in [0, 0.05) is 0 Å². The van der Waals surface area contributed by atoms with Crippen molar-refractivity contribution in [1.29, 1.82) is 0 Å². The summed E-state index contributed by atoms with van der Waals surface area (Å²) in [5.41, 5.74) is 0. The molecule has 0 rings (SSSR count). The van der Waals surface area contributed by atoms with E-state index in [0.29, 0.717) is 6.42 Å². The van der Waals surface area contributed by atoms with Crippen LogP contribution in [0.2, 0.25) is 0 Å². The van der Waals surface area contributed by atoms with Gasteiger partial charge in [-0.2, -0.15) is 0 Å². The van der Waals surface area contributed by atoms with Gasteiger partial charge in [0.1, 0.15) is 6.10 Å². The monoisotopic (exact) mass is 818 g/mol. The number of carbonyl (C=O) groups is 1. The summed E-state index contributed by atoms with van der Waals surface area (Å²) in [5.74, 6) is -0.502. The minimum Gasteiger partial charge on any atom is -0.394 e. The Morgan fingerprint density at radius 2 is 0.690 bits per heavy atom. The Morgan fingerprint density at radius 3 is 1.00 bits per heavy atom. The van der Waals surface area contributed by atoms with Crippen molar-refractivity contribution in [3.63, 3.8) is 0 Å². The van der Waals surface area contributed by atoms with E-state index in [1.807, 2.05) is 6.08 Å². The van der Waals surface area contributed by atoms with E-state index in [1.165, 1.54) is 231 Å². The lowest BCUT2D eigenvalue weighted by molar-refractivity contribution is -0.131. The van der Waals surface area contributed by atoms with E-state index in [2.05, 4.69) is 31.3 Å². The molecule has 0 aromatic heterocycles. The van der Waals surface area contributed by atoms with Crippen LogP contribution in [-0.2, 0) is 4.79 Å². The third-order valence-corrected chi connectivity index (χ3v) is 12.3. The lowest BCUT2D eigenvalue weighted by atomic mass is 10.0. The molecule has 0 aliphatic heterocycles. The molecule has 4 N–H and O–H groups in total. The number of nitrogens with one attached hydrogen (secondary N) is 1. The number of hydrogen-bond acceptors (Lipinski definition) is 4. The molecule has 0 aliphatic carbocycles. The highest BCUT2D eigenvalue weighted by Gasteiger charge is 2.22. The molecule has 5 heteroatoms. The second-order valence-electron chi connectivity index (χ2n) is 18.1. The summed E-state index contributed by atoms with van der Waals surface area (Å²) in [6, 6.07) is -0.793. The highest BCUT2D eigenvalue weighted by Crippen LogP contribution is 2.17. The third-order valence-electron chi connectivity index (χ3n) is 12.3. The Morgan fingerprint density at radius 1 is 0.414 bits per heavy atom. The summed E-state index contributed by atoms with van der Waals surface area (Å²) in [7, 11) is 0. The lowest BCUT2D eigenvalue weighted by Gasteiger charge is -2.21. The molecule has 3 unspecified atom stereocenters. The van der Waals surface area contributed by atoms with Gasteiger partial charge >= 0.3 is 0 Å². The van der Waals surface area contributed by atoms with Gasteiger partial charge in [0.15, 0.2) is 0 Å². The first-order valence-electron chi connectivity index (χ1n) is 26.2. The van der Waals surface area contributed by atoms with Crippen LogP contribution in [0.5, 0.6) is 0 Å². The van der Waals surface area contributed by atoms with Crippen molar-refractivity contribution in [3.05, 3.63) is 24.3 Å². The van der Waals surface area contributed by atoms with Crippen LogP contribution in [-0.4, -0.2) is 46.1 Å². The first kappa shape index (κ1) is 56.8. The number of aliphatic hydroxyl groups excluding tert-OH is 3. The summed E-state index contributed by atoms with van der Waals surface area (Å²) in [4.78, 5) is 12.5. The van der Waals surface area contributed by atoms with Crippen LogP contribution in [0.4, 0.5) is 0 Å². The van der Waals surface area contributed by atoms with Gasteiger partial charge in [-0.05, 0) is 44.9 Å². The fraction of sp³-hybridized carbons (Fsp3) is 0.906. The molecule has 3 atom stereocenters. The van der Waals surface area contributed by atoms with Gasteiger partial charge in [0.2, 0.25) is 5.91 Å². The summed E-state index contributed by atoms with van der Waals surface area (Å²) < 4.78 is 0. The Balaban J connectivity index is 3.45. The molecule has 0 radical (unpaired) electrons. The van der Waals surface area contributed by atoms with Crippen LogP contribution in [0.3, 0.4) is 0 Å². The van der Waals surface area contributed by atoms with Crippen molar-refractivity contribution in [2.75, 3.05) is 6.61 Å². The summed E-state index contributed by atoms with van der Waals surface area (Å²) in [5, 5.41) is 33.1. The van der Waals surface area contributed by atoms with Crippen LogP contribution < -0.4 is 5.32 Å². The van der Waals surface area contributed by atoms with Crippen LogP contribution in [0.25, 0.3) is 0 Å². The molecule has 0 aromatic carbocycles. The van der Waals surface area contributed by atoms with Gasteiger partial charge in [0.05, 0.1) is 18.8 Å². The normalized spacial score (nSPS) is 13.5. The molecule has 0 bridgehead atoms. The minimum atomic E-state index is -1.09. The number of allylic oxidation sites excluding steroid dienone is 3. The number of carbonyl (C=O) groups excluding carboxylic acids is 1. The Labute approximate surface area is 362 Å². The molecular weight excluding hydrogens is 715 g/mol.